The van der Waals surface area contributed by atoms with E-state index in [4.69, 9.17) is 9.84 Å². The Balaban J connectivity index is 0.00000507. The molecule has 25 heteroatoms. The molecule has 11 unspecified atom stereocenters. The van der Waals surface area contributed by atoms with Gasteiger partial charge in [0.1, 0.15) is 36.6 Å². The molecular formula is C15H22N2Na3O18P2. The Morgan fingerprint density at radius 3 is 2.08 bits per heavy atom. The number of aliphatic hydroxyl groups excluding tert-OH is 5. The van der Waals surface area contributed by atoms with Crippen LogP contribution in [0.4, 0.5) is 0 Å². The number of nitrogens with zero attached hydrogens (tertiary/aromatic N) is 1. The van der Waals surface area contributed by atoms with Crippen LogP contribution >= 0.6 is 15.6 Å². The van der Waals surface area contributed by atoms with Gasteiger partial charge >= 0.3 is 27.3 Å². The number of H-pyrrole nitrogens is 1. The summed E-state index contributed by atoms with van der Waals surface area (Å²) in [5.74, 6) is -1.85. The Hall–Kier alpha value is 1.13. The van der Waals surface area contributed by atoms with E-state index in [1.807, 2.05) is 4.98 Å². The molecule has 0 amide bonds. The van der Waals surface area contributed by atoms with Crippen LogP contribution in [0.25, 0.3) is 0 Å². The molecule has 213 valence electrons. The van der Waals surface area contributed by atoms with Crippen LogP contribution in [0.2, 0.25) is 0 Å². The van der Waals surface area contributed by atoms with E-state index in [0.29, 0.717) is 4.57 Å². The van der Waals surface area contributed by atoms with Gasteiger partial charge in [-0.25, -0.2) is 18.7 Å². The van der Waals surface area contributed by atoms with E-state index >= 15 is 0 Å². The maximum atomic E-state index is 12.2. The molecular weight excluding hydrogens is 627 g/mol. The summed E-state index contributed by atoms with van der Waals surface area (Å²) in [7, 11) is -11.3. The van der Waals surface area contributed by atoms with Gasteiger partial charge in [0.25, 0.3) is 5.56 Å². The molecule has 1 aromatic rings. The number of phosphoric ester groups is 2. The van der Waals surface area contributed by atoms with Crippen molar-refractivity contribution in [1.82, 2.24) is 9.55 Å². The molecule has 3 radical (unpaired) electrons. The van der Waals surface area contributed by atoms with Gasteiger partial charge < -0.3 is 49.9 Å². The number of aromatic amines is 1. The van der Waals surface area contributed by atoms with Gasteiger partial charge in [0.05, 0.1) is 6.61 Å². The molecule has 3 heterocycles. The fraction of sp³-hybridized carbons (Fsp3) is 0.667. The smallest absolute Gasteiger partial charge is 0.479 e. The predicted molar refractivity (Wildman–Crippen MR) is 127 cm³/mol. The predicted octanol–water partition coefficient (Wildman–Crippen LogP) is -5.84. The van der Waals surface area contributed by atoms with Crippen LogP contribution in [0.1, 0.15) is 6.23 Å². The summed E-state index contributed by atoms with van der Waals surface area (Å²) in [6.45, 7) is -1.07. The summed E-state index contributed by atoms with van der Waals surface area (Å²) >= 11 is 0. The third kappa shape index (κ3) is 10.1. The average Bonchev–Trinajstić information content (AvgIpc) is 3.05. The van der Waals surface area contributed by atoms with Crippen molar-refractivity contribution in [3.8, 4) is 0 Å². The zero-order valence-corrected chi connectivity index (χ0v) is 28.8. The second-order valence-electron chi connectivity index (χ2n) is 7.72. The molecule has 2 saturated heterocycles. The molecule has 2 aliphatic heterocycles. The number of carboxylic acids is 1. The van der Waals surface area contributed by atoms with Crippen LogP contribution < -0.4 is 11.2 Å². The number of aliphatic hydroxyl groups is 5. The molecule has 0 saturated carbocycles. The van der Waals surface area contributed by atoms with Crippen molar-refractivity contribution < 1.29 is 77.2 Å². The van der Waals surface area contributed by atoms with Gasteiger partial charge in [-0.2, -0.15) is 4.31 Å². The second-order valence-corrected chi connectivity index (χ2v) is 10.7. The van der Waals surface area contributed by atoms with Crippen molar-refractivity contribution in [3.63, 3.8) is 0 Å². The third-order valence-corrected chi connectivity index (χ3v) is 7.72. The molecule has 0 bridgehead atoms. The maximum Gasteiger partial charge on any atom is 0.483 e. The maximum absolute atomic E-state index is 12.2. The molecule has 40 heavy (non-hydrogen) atoms. The van der Waals surface area contributed by atoms with Gasteiger partial charge in [0, 0.05) is 101 Å². The topological polar surface area (TPSA) is 314 Å². The Bertz CT molecular complexity index is 1220. The third-order valence-electron chi connectivity index (χ3n) is 5.12. The van der Waals surface area contributed by atoms with Gasteiger partial charge in [0.15, 0.2) is 18.6 Å². The first-order valence-corrected chi connectivity index (χ1v) is 13.0. The zero-order chi connectivity index (χ0) is 27.9. The van der Waals surface area contributed by atoms with E-state index in [9.17, 15) is 58.8 Å². The van der Waals surface area contributed by atoms with Crippen molar-refractivity contribution in [2.45, 2.75) is 55.2 Å². The number of hydrogen-bond acceptors (Lipinski definition) is 15. The molecule has 1 aromatic heterocycles. The number of hydrogen-bond donors (Lipinski definition) is 9. The molecule has 0 spiro atoms. The van der Waals surface area contributed by atoms with Crippen molar-refractivity contribution in [2.24, 2.45) is 0 Å². The summed E-state index contributed by atoms with van der Waals surface area (Å²) in [5.41, 5.74) is -1.78. The van der Waals surface area contributed by atoms with Crippen LogP contribution in [-0.4, -0.2) is 200 Å². The SMILES string of the molecule is O=C(O)C1OC(OP(=O)(O)OP(=O)(O)OCC2OC(n3ccc(=O)[nH]c3=O)C(O)C2O)C(O)C(O)C1O.[Na].[Na].[Na]. The van der Waals surface area contributed by atoms with E-state index in [2.05, 4.69) is 18.1 Å². The molecule has 3 rings (SSSR count). The molecule has 2 fully saturated rings. The van der Waals surface area contributed by atoms with Gasteiger partial charge in [-0.3, -0.25) is 23.4 Å². The van der Waals surface area contributed by atoms with Crippen LogP contribution in [0.15, 0.2) is 21.9 Å². The Labute approximate surface area is 289 Å². The van der Waals surface area contributed by atoms with Gasteiger partial charge in [-0.15, -0.1) is 0 Å². The van der Waals surface area contributed by atoms with E-state index in [1.165, 1.54) is 0 Å². The molecule has 2 aliphatic rings. The first kappa shape index (κ1) is 41.1. The number of nitrogens with one attached hydrogen (secondary N) is 1. The molecule has 0 aromatic carbocycles. The van der Waals surface area contributed by atoms with E-state index in [-0.39, 0.29) is 88.7 Å². The number of carbonyl (C=O) groups is 1. The van der Waals surface area contributed by atoms with Crippen molar-refractivity contribution >= 4 is 110 Å². The number of phosphoric acid groups is 2. The standard InChI is InChI=1S/C15H22N2O18P2.3Na/c18-5-1-2-17(15(26)16-5)12-9(22)6(19)4(32-12)3-31-36(27,28)35-37(29,30)34-14-10(23)7(20)8(21)11(33-14)13(24)25;;;/h1-2,4,6-12,14,19-23H,3H2,(H,24,25)(H,27,28)(H,29,30)(H,16,18,26);;;. The fourth-order valence-electron chi connectivity index (χ4n) is 3.34. The number of aromatic nitrogens is 2. The van der Waals surface area contributed by atoms with Crippen LogP contribution in [0.3, 0.4) is 0 Å². The van der Waals surface area contributed by atoms with Crippen molar-refractivity contribution in [2.75, 3.05) is 6.61 Å². The number of aliphatic carboxylic acids is 1. The van der Waals surface area contributed by atoms with E-state index in [1.54, 1.807) is 0 Å². The van der Waals surface area contributed by atoms with Gasteiger partial charge in [-0.1, -0.05) is 0 Å². The Morgan fingerprint density at radius 1 is 0.925 bits per heavy atom. The van der Waals surface area contributed by atoms with Crippen LogP contribution in [-0.2, 0) is 36.8 Å². The first-order chi connectivity index (χ1) is 17.0. The monoisotopic (exact) mass is 649 g/mol. The first-order valence-electron chi connectivity index (χ1n) is 9.98. The zero-order valence-electron chi connectivity index (χ0n) is 21.1. The summed E-state index contributed by atoms with van der Waals surface area (Å²) in [6.07, 6.45) is -17.2. The number of carboxylic acid groups (broad SMARTS) is 1. The minimum Gasteiger partial charge on any atom is -0.479 e. The van der Waals surface area contributed by atoms with Crippen molar-refractivity contribution in [3.05, 3.63) is 33.1 Å². The molecule has 0 aliphatic carbocycles. The normalized spacial score (nSPS) is 34.7. The Kier molecular flexibility index (Phi) is 16.9. The minimum atomic E-state index is -5.72. The summed E-state index contributed by atoms with van der Waals surface area (Å²) in [6, 6.07) is 0.910. The summed E-state index contributed by atoms with van der Waals surface area (Å²) in [5, 5.41) is 58.3. The number of rotatable bonds is 9. The molecule has 9 N–H and O–H groups in total. The Morgan fingerprint density at radius 2 is 1.52 bits per heavy atom. The van der Waals surface area contributed by atoms with Gasteiger partial charge in [-0.05, 0) is 0 Å². The molecule has 11 atom stereocenters. The van der Waals surface area contributed by atoms with Crippen LogP contribution in [0.5, 0.6) is 0 Å². The minimum absolute atomic E-state index is 0. The van der Waals surface area contributed by atoms with Crippen LogP contribution in [0, 0.1) is 0 Å². The van der Waals surface area contributed by atoms with Crippen molar-refractivity contribution in [1.29, 1.82) is 0 Å². The average molecular weight is 649 g/mol. The largest absolute Gasteiger partial charge is 0.483 e. The summed E-state index contributed by atoms with van der Waals surface area (Å²) in [4.78, 5) is 55.5. The quantitative estimate of drug-likeness (QED) is 0.0888. The van der Waals surface area contributed by atoms with E-state index in [0.717, 1.165) is 12.3 Å². The molecule has 20 nitrogen and oxygen atoms in total. The fourth-order valence-corrected chi connectivity index (χ4v) is 5.49. The van der Waals surface area contributed by atoms with Gasteiger partial charge in [0.2, 0.25) is 0 Å². The second kappa shape index (κ2) is 16.4. The van der Waals surface area contributed by atoms with E-state index < -0.39 is 94.7 Å². The summed E-state index contributed by atoms with van der Waals surface area (Å²) < 4.78 is 47.6. The number of ether oxygens (including phenoxy) is 2.